The van der Waals surface area contributed by atoms with Crippen LogP contribution in [0.1, 0.15) is 69.1 Å². The third-order valence-electron chi connectivity index (χ3n) is 6.30. The monoisotopic (exact) mass is 413 g/mol. The minimum Gasteiger partial charge on any atom is -0.343 e. The molecule has 2 aromatic rings. The summed E-state index contributed by atoms with van der Waals surface area (Å²) in [5.41, 5.74) is 4.94. The summed E-state index contributed by atoms with van der Waals surface area (Å²) in [5, 5.41) is 4.85. The first-order valence-electron chi connectivity index (χ1n) is 11.2. The smallest absolute Gasteiger partial charge is 0.225 e. The van der Waals surface area contributed by atoms with Crippen LogP contribution in [0.3, 0.4) is 0 Å². The van der Waals surface area contributed by atoms with Gasteiger partial charge >= 0.3 is 0 Å². The van der Waals surface area contributed by atoms with Crippen LogP contribution in [0.2, 0.25) is 0 Å². The van der Waals surface area contributed by atoms with Gasteiger partial charge in [0.15, 0.2) is 5.65 Å². The van der Waals surface area contributed by atoms with Gasteiger partial charge in [0.1, 0.15) is 0 Å². The van der Waals surface area contributed by atoms with Gasteiger partial charge in [-0.3, -0.25) is 9.59 Å². The molecule has 30 heavy (non-hydrogen) atoms. The van der Waals surface area contributed by atoms with Crippen molar-refractivity contribution in [3.8, 4) is 0 Å². The number of amides is 2. The topological polar surface area (TPSA) is 70.8 Å². The fourth-order valence-electron chi connectivity index (χ4n) is 4.44. The molecule has 0 spiro atoms. The van der Waals surface area contributed by atoms with Crippen LogP contribution in [0.5, 0.6) is 0 Å². The number of hydrogen-bond acceptors (Lipinski definition) is 4. The SMILES string of the molecule is CCN(CC)C(=O)CCc1c(C)nc2cc([C@@H]3CCN(C(=O)C(C)C)C3)nn2c1C. The number of carbonyl (C=O) groups excluding carboxylic acids is 2. The van der Waals surface area contributed by atoms with Gasteiger partial charge in [0.25, 0.3) is 0 Å². The lowest BCUT2D eigenvalue weighted by Gasteiger charge is -2.19. The first-order valence-corrected chi connectivity index (χ1v) is 11.2. The zero-order chi connectivity index (χ0) is 22.0. The van der Waals surface area contributed by atoms with E-state index in [9.17, 15) is 9.59 Å². The number of likely N-dealkylation sites (tertiary alicyclic amines) is 1. The highest BCUT2D eigenvalue weighted by molar-refractivity contribution is 5.78. The summed E-state index contributed by atoms with van der Waals surface area (Å²) in [6.45, 7) is 15.0. The zero-order valence-corrected chi connectivity index (χ0v) is 19.2. The summed E-state index contributed by atoms with van der Waals surface area (Å²) >= 11 is 0. The van der Waals surface area contributed by atoms with Crippen LogP contribution in [0.4, 0.5) is 0 Å². The van der Waals surface area contributed by atoms with Gasteiger partial charge < -0.3 is 9.80 Å². The number of aryl methyl sites for hydroxylation is 2. The number of aromatic nitrogens is 3. The van der Waals surface area contributed by atoms with Crippen molar-refractivity contribution in [2.75, 3.05) is 26.2 Å². The molecule has 7 nitrogen and oxygen atoms in total. The molecule has 0 unspecified atom stereocenters. The second kappa shape index (κ2) is 9.14. The maximum atomic E-state index is 12.4. The van der Waals surface area contributed by atoms with Crippen LogP contribution >= 0.6 is 0 Å². The largest absolute Gasteiger partial charge is 0.343 e. The van der Waals surface area contributed by atoms with E-state index in [4.69, 9.17) is 10.1 Å². The van der Waals surface area contributed by atoms with Gasteiger partial charge in [0.05, 0.1) is 5.69 Å². The lowest BCUT2D eigenvalue weighted by atomic mass is 10.1. The second-order valence-corrected chi connectivity index (χ2v) is 8.59. The zero-order valence-electron chi connectivity index (χ0n) is 19.2. The van der Waals surface area contributed by atoms with Crippen LogP contribution in [-0.2, 0) is 16.0 Å². The van der Waals surface area contributed by atoms with Crippen molar-refractivity contribution in [3.05, 3.63) is 28.7 Å². The average molecular weight is 414 g/mol. The summed E-state index contributed by atoms with van der Waals surface area (Å²) in [6, 6.07) is 2.05. The highest BCUT2D eigenvalue weighted by atomic mass is 16.2. The molecular weight excluding hydrogens is 378 g/mol. The Morgan fingerprint density at radius 2 is 1.93 bits per heavy atom. The van der Waals surface area contributed by atoms with E-state index in [1.807, 2.05) is 48.9 Å². The Morgan fingerprint density at radius 3 is 2.57 bits per heavy atom. The van der Waals surface area contributed by atoms with Crippen molar-refractivity contribution in [2.45, 2.75) is 66.7 Å². The Kier molecular flexibility index (Phi) is 6.78. The molecule has 0 N–H and O–H groups in total. The number of rotatable bonds is 7. The highest BCUT2D eigenvalue weighted by Gasteiger charge is 2.30. The first kappa shape index (κ1) is 22.2. The normalized spacial score (nSPS) is 16.6. The van der Waals surface area contributed by atoms with E-state index in [1.165, 1.54) is 0 Å². The lowest BCUT2D eigenvalue weighted by molar-refractivity contribution is -0.133. The molecule has 1 atom stereocenters. The van der Waals surface area contributed by atoms with E-state index < -0.39 is 0 Å². The molecule has 2 aromatic heterocycles. The molecular formula is C23H35N5O2. The number of carbonyl (C=O) groups is 2. The molecule has 2 amide bonds. The van der Waals surface area contributed by atoms with Crippen LogP contribution in [0.25, 0.3) is 5.65 Å². The number of hydrogen-bond donors (Lipinski definition) is 0. The van der Waals surface area contributed by atoms with Crippen LogP contribution < -0.4 is 0 Å². The average Bonchev–Trinajstić information content (AvgIpc) is 3.35. The van der Waals surface area contributed by atoms with Crippen molar-refractivity contribution >= 4 is 17.5 Å². The molecule has 0 bridgehead atoms. The molecule has 3 rings (SSSR count). The Bertz CT molecular complexity index is 929. The standard InChI is InChI=1S/C23H35N5O2/c1-7-26(8-2)22(29)10-9-19-16(5)24-21-13-20(25-28(21)17(19)6)18-11-12-27(14-18)23(30)15(3)4/h13,15,18H,7-12,14H2,1-6H3/t18-/m1/s1. The molecule has 1 saturated heterocycles. The fraction of sp³-hybridized carbons (Fsp3) is 0.652. The van der Waals surface area contributed by atoms with Gasteiger partial charge in [-0.25, -0.2) is 9.50 Å². The van der Waals surface area contributed by atoms with E-state index >= 15 is 0 Å². The second-order valence-electron chi connectivity index (χ2n) is 8.59. The molecule has 7 heteroatoms. The maximum Gasteiger partial charge on any atom is 0.225 e. The third kappa shape index (κ3) is 4.35. The predicted molar refractivity (Wildman–Crippen MR) is 117 cm³/mol. The Balaban J connectivity index is 1.80. The Labute approximate surface area is 179 Å². The summed E-state index contributed by atoms with van der Waals surface area (Å²) in [5.74, 6) is 0.673. The molecule has 164 valence electrons. The Hall–Kier alpha value is -2.44. The van der Waals surface area contributed by atoms with Gasteiger partial charge in [0, 0.05) is 61.9 Å². The quantitative estimate of drug-likeness (QED) is 0.699. The van der Waals surface area contributed by atoms with Crippen LogP contribution in [0.15, 0.2) is 6.07 Å². The minimum atomic E-state index is 0.0259. The molecule has 0 aromatic carbocycles. The summed E-state index contributed by atoms with van der Waals surface area (Å²) < 4.78 is 1.91. The van der Waals surface area contributed by atoms with Crippen molar-refractivity contribution in [1.82, 2.24) is 24.4 Å². The van der Waals surface area contributed by atoms with E-state index in [-0.39, 0.29) is 23.7 Å². The van der Waals surface area contributed by atoms with Gasteiger partial charge in [-0.2, -0.15) is 5.10 Å². The molecule has 0 aliphatic carbocycles. The molecule has 3 heterocycles. The highest BCUT2D eigenvalue weighted by Crippen LogP contribution is 2.28. The predicted octanol–water partition coefficient (Wildman–Crippen LogP) is 3.12. The fourth-order valence-corrected chi connectivity index (χ4v) is 4.44. The van der Waals surface area contributed by atoms with Crippen molar-refractivity contribution in [1.29, 1.82) is 0 Å². The van der Waals surface area contributed by atoms with Gasteiger partial charge in [-0.15, -0.1) is 0 Å². The van der Waals surface area contributed by atoms with Crippen LogP contribution in [0, 0.1) is 19.8 Å². The molecule has 0 saturated carbocycles. The molecule has 1 aliphatic heterocycles. The first-order chi connectivity index (χ1) is 14.3. The van der Waals surface area contributed by atoms with E-state index in [1.54, 1.807) is 0 Å². The van der Waals surface area contributed by atoms with E-state index in [0.29, 0.717) is 12.8 Å². The molecule has 0 radical (unpaired) electrons. The number of fused-ring (bicyclic) bond motifs is 1. The molecule has 1 aliphatic rings. The Morgan fingerprint density at radius 1 is 1.23 bits per heavy atom. The van der Waals surface area contributed by atoms with Crippen LogP contribution in [-0.4, -0.2) is 62.4 Å². The van der Waals surface area contributed by atoms with Crippen molar-refractivity contribution in [2.24, 2.45) is 5.92 Å². The van der Waals surface area contributed by atoms with E-state index in [0.717, 1.165) is 60.9 Å². The third-order valence-corrected chi connectivity index (χ3v) is 6.30. The number of nitrogens with zero attached hydrogens (tertiary/aromatic N) is 5. The van der Waals surface area contributed by atoms with Gasteiger partial charge in [-0.1, -0.05) is 13.8 Å². The van der Waals surface area contributed by atoms with E-state index in [2.05, 4.69) is 13.0 Å². The maximum absolute atomic E-state index is 12.4. The summed E-state index contributed by atoms with van der Waals surface area (Å²) in [6.07, 6.45) is 2.09. The summed E-state index contributed by atoms with van der Waals surface area (Å²) in [7, 11) is 0. The lowest BCUT2D eigenvalue weighted by Crippen LogP contribution is -2.32. The van der Waals surface area contributed by atoms with Gasteiger partial charge in [0.2, 0.25) is 11.8 Å². The van der Waals surface area contributed by atoms with Crippen molar-refractivity contribution in [3.63, 3.8) is 0 Å². The summed E-state index contributed by atoms with van der Waals surface area (Å²) in [4.78, 5) is 33.3. The molecule has 1 fully saturated rings. The minimum absolute atomic E-state index is 0.0259. The van der Waals surface area contributed by atoms with Crippen molar-refractivity contribution < 1.29 is 9.59 Å². The van der Waals surface area contributed by atoms with Gasteiger partial charge in [-0.05, 0) is 46.1 Å².